The fraction of sp³-hybridized carbons (Fsp3) is 0.133. The van der Waals surface area contributed by atoms with Gasteiger partial charge in [0.15, 0.2) is 0 Å². The predicted octanol–water partition coefficient (Wildman–Crippen LogP) is 5.27. The molecular weight excluding hydrogens is 462 g/mol. The van der Waals surface area contributed by atoms with Crippen LogP contribution in [0, 0.1) is 0 Å². The van der Waals surface area contributed by atoms with Gasteiger partial charge in [0.2, 0.25) is 0 Å². The molecule has 0 bridgehead atoms. The van der Waals surface area contributed by atoms with Crippen LogP contribution in [0.3, 0.4) is 0 Å². The van der Waals surface area contributed by atoms with E-state index in [0.717, 1.165) is 12.0 Å². The summed E-state index contributed by atoms with van der Waals surface area (Å²) < 4.78 is 1.62. The maximum atomic E-state index is 14.0. The molecule has 0 saturated carbocycles. The molecule has 1 amide bonds. The number of amides is 1. The molecule has 2 heterocycles. The molecular formula is C30H27N5O2. The van der Waals surface area contributed by atoms with E-state index in [4.69, 9.17) is 0 Å². The van der Waals surface area contributed by atoms with Gasteiger partial charge in [0.05, 0.1) is 23.8 Å². The van der Waals surface area contributed by atoms with Gasteiger partial charge in [-0.25, -0.2) is 9.97 Å². The van der Waals surface area contributed by atoms with Crippen molar-refractivity contribution < 1.29 is 4.79 Å². The lowest BCUT2D eigenvalue weighted by Crippen LogP contribution is -2.33. The smallest absolute Gasteiger partial charge is 0.263 e. The third kappa shape index (κ3) is 4.97. The Hall–Kier alpha value is -4.78. The Balaban J connectivity index is 1.70. The largest absolute Gasteiger partial charge is 0.364 e. The number of rotatable bonds is 8. The molecule has 0 unspecified atom stereocenters. The minimum absolute atomic E-state index is 0.174. The summed E-state index contributed by atoms with van der Waals surface area (Å²) in [5, 5.41) is 7.58. The number of pyridine rings is 1. The van der Waals surface area contributed by atoms with Gasteiger partial charge in [0.25, 0.3) is 11.5 Å². The van der Waals surface area contributed by atoms with E-state index in [-0.39, 0.29) is 24.1 Å². The standard InChI is InChI=1S/C30H27N5O2/c1-2-25(21-11-5-3-6-12-21)34-29(36)28-23-15-9-10-16-24(23)30(37)35(22-13-7-4-8-14-22)26(28)19-32-27-17-18-31-20-33-27/h3-18,20,25H,2,19H2,1H3,(H,34,36)(H,31,32,33)/t25-/m0/s1. The summed E-state index contributed by atoms with van der Waals surface area (Å²) in [6, 6.07) is 28.1. The maximum absolute atomic E-state index is 14.0. The molecule has 0 aliphatic rings. The lowest BCUT2D eigenvalue weighted by molar-refractivity contribution is 0.0935. The van der Waals surface area contributed by atoms with Crippen LogP contribution in [0.5, 0.6) is 0 Å². The molecule has 0 saturated heterocycles. The van der Waals surface area contributed by atoms with E-state index in [0.29, 0.717) is 33.5 Å². The van der Waals surface area contributed by atoms with Crippen LogP contribution in [0.15, 0.2) is 108 Å². The molecule has 0 aliphatic carbocycles. The zero-order valence-electron chi connectivity index (χ0n) is 20.5. The van der Waals surface area contributed by atoms with Crippen LogP contribution in [0.1, 0.15) is 41.0 Å². The van der Waals surface area contributed by atoms with Crippen molar-refractivity contribution in [3.8, 4) is 5.69 Å². The predicted molar refractivity (Wildman–Crippen MR) is 146 cm³/mol. The molecule has 0 spiro atoms. The van der Waals surface area contributed by atoms with Gasteiger partial charge >= 0.3 is 0 Å². The number of para-hydroxylation sites is 1. The number of aromatic nitrogens is 3. The highest BCUT2D eigenvalue weighted by molar-refractivity contribution is 6.08. The summed E-state index contributed by atoms with van der Waals surface area (Å²) in [5.41, 5.74) is 2.53. The van der Waals surface area contributed by atoms with Gasteiger partial charge in [0, 0.05) is 22.7 Å². The highest BCUT2D eigenvalue weighted by Gasteiger charge is 2.24. The molecule has 5 aromatic rings. The summed E-state index contributed by atoms with van der Waals surface area (Å²) in [6.07, 6.45) is 3.81. The normalized spacial score (nSPS) is 11.7. The molecule has 184 valence electrons. The second kappa shape index (κ2) is 10.9. The highest BCUT2D eigenvalue weighted by atomic mass is 16.2. The Kier molecular flexibility index (Phi) is 7.03. The number of anilines is 1. The topological polar surface area (TPSA) is 88.9 Å². The molecule has 2 aromatic heterocycles. The quantitative estimate of drug-likeness (QED) is 0.310. The number of hydrogen-bond donors (Lipinski definition) is 2. The zero-order chi connectivity index (χ0) is 25.6. The lowest BCUT2D eigenvalue weighted by atomic mass is 9.99. The van der Waals surface area contributed by atoms with Crippen molar-refractivity contribution in [3.05, 3.63) is 131 Å². The first-order chi connectivity index (χ1) is 18.2. The van der Waals surface area contributed by atoms with E-state index in [9.17, 15) is 9.59 Å². The first kappa shape index (κ1) is 23.9. The van der Waals surface area contributed by atoms with Crippen LogP contribution in [0.2, 0.25) is 0 Å². The average Bonchev–Trinajstić information content (AvgIpc) is 2.96. The highest BCUT2D eigenvalue weighted by Crippen LogP contribution is 2.25. The Morgan fingerprint density at radius 2 is 1.57 bits per heavy atom. The van der Waals surface area contributed by atoms with E-state index in [1.165, 1.54) is 6.33 Å². The molecule has 2 N–H and O–H groups in total. The molecule has 5 rings (SSSR count). The number of fused-ring (bicyclic) bond motifs is 1. The Morgan fingerprint density at radius 1 is 0.892 bits per heavy atom. The minimum atomic E-state index is -0.240. The van der Waals surface area contributed by atoms with Crippen molar-refractivity contribution in [2.75, 3.05) is 5.32 Å². The van der Waals surface area contributed by atoms with Crippen molar-refractivity contribution >= 4 is 22.5 Å². The minimum Gasteiger partial charge on any atom is -0.364 e. The van der Waals surface area contributed by atoms with Crippen LogP contribution in [0.25, 0.3) is 16.5 Å². The van der Waals surface area contributed by atoms with Crippen molar-refractivity contribution in [1.82, 2.24) is 19.9 Å². The van der Waals surface area contributed by atoms with Crippen LogP contribution < -0.4 is 16.2 Å². The molecule has 1 atom stereocenters. The van der Waals surface area contributed by atoms with Crippen molar-refractivity contribution in [2.24, 2.45) is 0 Å². The Bertz CT molecular complexity index is 1570. The second-order valence-electron chi connectivity index (χ2n) is 8.64. The Morgan fingerprint density at radius 3 is 2.24 bits per heavy atom. The molecule has 0 radical (unpaired) electrons. The van der Waals surface area contributed by atoms with Gasteiger partial charge in [0.1, 0.15) is 12.1 Å². The molecule has 7 heteroatoms. The fourth-order valence-electron chi connectivity index (χ4n) is 4.58. The van der Waals surface area contributed by atoms with Gasteiger partial charge in [-0.1, -0.05) is 73.7 Å². The number of hydrogen-bond acceptors (Lipinski definition) is 5. The van der Waals surface area contributed by atoms with E-state index in [1.807, 2.05) is 85.8 Å². The number of nitrogens with zero attached hydrogens (tertiary/aromatic N) is 3. The van der Waals surface area contributed by atoms with Crippen LogP contribution in [0.4, 0.5) is 5.82 Å². The van der Waals surface area contributed by atoms with Gasteiger partial charge < -0.3 is 10.6 Å². The first-order valence-electron chi connectivity index (χ1n) is 12.2. The number of benzene rings is 3. The van der Waals surface area contributed by atoms with Crippen molar-refractivity contribution in [3.63, 3.8) is 0 Å². The summed E-state index contributed by atoms with van der Waals surface area (Å²) >= 11 is 0. The molecule has 0 fully saturated rings. The number of nitrogens with one attached hydrogen (secondary N) is 2. The van der Waals surface area contributed by atoms with Crippen LogP contribution in [-0.4, -0.2) is 20.4 Å². The second-order valence-corrected chi connectivity index (χ2v) is 8.64. The molecule has 7 nitrogen and oxygen atoms in total. The van der Waals surface area contributed by atoms with Gasteiger partial charge in [-0.05, 0) is 36.2 Å². The van der Waals surface area contributed by atoms with E-state index >= 15 is 0 Å². The lowest BCUT2D eigenvalue weighted by Gasteiger charge is -2.23. The van der Waals surface area contributed by atoms with Gasteiger partial charge in [-0.15, -0.1) is 0 Å². The third-order valence-electron chi connectivity index (χ3n) is 6.36. The van der Waals surface area contributed by atoms with E-state index in [1.54, 1.807) is 22.9 Å². The van der Waals surface area contributed by atoms with Crippen molar-refractivity contribution in [2.45, 2.75) is 25.9 Å². The van der Waals surface area contributed by atoms with Crippen LogP contribution in [-0.2, 0) is 6.54 Å². The number of carbonyl (C=O) groups excluding carboxylic acids is 1. The third-order valence-corrected chi connectivity index (χ3v) is 6.36. The summed E-state index contributed by atoms with van der Waals surface area (Å²) in [6.45, 7) is 2.25. The Labute approximate surface area is 214 Å². The van der Waals surface area contributed by atoms with Crippen molar-refractivity contribution in [1.29, 1.82) is 0 Å². The number of carbonyl (C=O) groups is 1. The van der Waals surface area contributed by atoms with E-state index in [2.05, 4.69) is 20.6 Å². The molecule has 0 aliphatic heterocycles. The first-order valence-corrected chi connectivity index (χ1v) is 12.2. The summed E-state index contributed by atoms with van der Waals surface area (Å²) in [7, 11) is 0. The average molecular weight is 490 g/mol. The zero-order valence-corrected chi connectivity index (χ0v) is 20.5. The molecule has 37 heavy (non-hydrogen) atoms. The maximum Gasteiger partial charge on any atom is 0.263 e. The van der Waals surface area contributed by atoms with E-state index < -0.39 is 0 Å². The summed E-state index contributed by atoms with van der Waals surface area (Å²) in [5.74, 6) is 0.355. The SMILES string of the molecule is CC[C@H](NC(=O)c1c(CNc2ccncn2)n(-c2ccccc2)c(=O)c2ccccc12)c1ccccc1. The van der Waals surface area contributed by atoms with Gasteiger partial charge in [-0.2, -0.15) is 0 Å². The van der Waals surface area contributed by atoms with Crippen LogP contribution >= 0.6 is 0 Å². The molecule has 3 aromatic carbocycles. The summed E-state index contributed by atoms with van der Waals surface area (Å²) in [4.78, 5) is 36.1. The fourth-order valence-corrected chi connectivity index (χ4v) is 4.58. The van der Waals surface area contributed by atoms with Gasteiger partial charge in [-0.3, -0.25) is 14.2 Å². The monoisotopic (exact) mass is 489 g/mol.